The van der Waals surface area contributed by atoms with Crippen molar-refractivity contribution >= 4 is 17.7 Å². The van der Waals surface area contributed by atoms with Crippen LogP contribution in [0.5, 0.6) is 0 Å². The summed E-state index contributed by atoms with van der Waals surface area (Å²) in [6, 6.07) is 0. The quantitative estimate of drug-likeness (QED) is 0.477. The van der Waals surface area contributed by atoms with Crippen molar-refractivity contribution in [3.05, 3.63) is 11.6 Å². The summed E-state index contributed by atoms with van der Waals surface area (Å²) in [6.45, 7) is 6.27. The third-order valence-corrected chi connectivity index (χ3v) is 8.86. The standard InChI is InChI=1S/C25H36O5/c1-4-22(27)29-15-25-13-10-17(30-23(28)5-2)14-16(25)6-7-18-19-8-9-21(26)24(19,3)12-11-20(18)25/h6,17-20H,4-5,7-15H2,1-3H3/t17-,18-,19-,20-,24-,25+/m0/s1. The van der Waals surface area contributed by atoms with Crippen LogP contribution in [0.3, 0.4) is 0 Å². The highest BCUT2D eigenvalue weighted by molar-refractivity contribution is 5.87. The lowest BCUT2D eigenvalue weighted by Crippen LogP contribution is -2.53. The number of carbonyl (C=O) groups is 3. The molecule has 5 nitrogen and oxygen atoms in total. The lowest BCUT2D eigenvalue weighted by atomic mass is 9.47. The molecule has 4 rings (SSSR count). The van der Waals surface area contributed by atoms with E-state index >= 15 is 0 Å². The zero-order valence-electron chi connectivity index (χ0n) is 18.7. The van der Waals surface area contributed by atoms with Gasteiger partial charge in [-0.25, -0.2) is 0 Å². The lowest BCUT2D eigenvalue weighted by molar-refractivity contribution is -0.156. The van der Waals surface area contributed by atoms with E-state index in [2.05, 4.69) is 13.0 Å². The Bertz CT molecular complexity index is 755. The number of Topliss-reactive ketones (excluding diaryl/α,β-unsaturated/α-hetero) is 1. The molecule has 0 bridgehead atoms. The molecule has 30 heavy (non-hydrogen) atoms. The monoisotopic (exact) mass is 416 g/mol. The van der Waals surface area contributed by atoms with Gasteiger partial charge in [-0.2, -0.15) is 0 Å². The van der Waals surface area contributed by atoms with Crippen LogP contribution in [-0.4, -0.2) is 30.4 Å². The van der Waals surface area contributed by atoms with Gasteiger partial charge in [-0.15, -0.1) is 0 Å². The minimum Gasteiger partial charge on any atom is -0.465 e. The van der Waals surface area contributed by atoms with Crippen LogP contribution in [0, 0.1) is 28.6 Å². The number of hydrogen-bond acceptors (Lipinski definition) is 5. The molecule has 0 amide bonds. The van der Waals surface area contributed by atoms with Gasteiger partial charge in [-0.3, -0.25) is 14.4 Å². The first kappa shape index (κ1) is 21.6. The van der Waals surface area contributed by atoms with E-state index in [-0.39, 0.29) is 28.9 Å². The van der Waals surface area contributed by atoms with E-state index in [0.717, 1.165) is 44.9 Å². The van der Waals surface area contributed by atoms with Crippen LogP contribution in [0.15, 0.2) is 11.6 Å². The van der Waals surface area contributed by atoms with Gasteiger partial charge in [-0.05, 0) is 56.3 Å². The van der Waals surface area contributed by atoms with Crippen LogP contribution >= 0.6 is 0 Å². The first-order chi connectivity index (χ1) is 14.3. The second kappa shape index (κ2) is 8.12. The van der Waals surface area contributed by atoms with Crippen molar-refractivity contribution < 1.29 is 23.9 Å². The second-order valence-electron chi connectivity index (χ2n) is 10.1. The summed E-state index contributed by atoms with van der Waals surface area (Å²) in [5.74, 6) is 1.51. The van der Waals surface area contributed by atoms with E-state index in [1.807, 2.05) is 13.8 Å². The Labute approximate surface area is 179 Å². The van der Waals surface area contributed by atoms with Crippen molar-refractivity contribution in [3.8, 4) is 0 Å². The lowest BCUT2D eigenvalue weighted by Gasteiger charge is -2.57. The molecule has 3 saturated carbocycles. The first-order valence-electron chi connectivity index (χ1n) is 11.9. The Hall–Kier alpha value is -1.65. The largest absolute Gasteiger partial charge is 0.465 e. The topological polar surface area (TPSA) is 69.7 Å². The molecule has 0 radical (unpaired) electrons. The smallest absolute Gasteiger partial charge is 0.305 e. The van der Waals surface area contributed by atoms with Crippen LogP contribution < -0.4 is 0 Å². The predicted molar refractivity (Wildman–Crippen MR) is 112 cm³/mol. The molecular weight excluding hydrogens is 380 g/mol. The van der Waals surface area contributed by atoms with Gasteiger partial charge in [-0.1, -0.05) is 32.4 Å². The minimum atomic E-state index is -0.165. The molecule has 0 unspecified atom stereocenters. The molecule has 166 valence electrons. The van der Waals surface area contributed by atoms with E-state index in [0.29, 0.717) is 49.4 Å². The van der Waals surface area contributed by atoms with Crippen molar-refractivity contribution in [2.45, 2.75) is 91.1 Å². The number of ketones is 1. The van der Waals surface area contributed by atoms with Crippen LogP contribution in [0.2, 0.25) is 0 Å². The minimum absolute atomic E-state index is 0.0721. The van der Waals surface area contributed by atoms with E-state index in [1.165, 1.54) is 5.57 Å². The third-order valence-electron chi connectivity index (χ3n) is 8.86. The fraction of sp³-hybridized carbons (Fsp3) is 0.800. The van der Waals surface area contributed by atoms with Crippen molar-refractivity contribution in [3.63, 3.8) is 0 Å². The SMILES string of the molecule is CCC(=O)OC[C@]12CC[C@H](OC(=O)CC)CC1=CC[C@@H]1[C@@H]2CC[C@]2(C)C(=O)CC[C@@H]12. The van der Waals surface area contributed by atoms with Crippen LogP contribution in [0.4, 0.5) is 0 Å². The molecule has 4 aliphatic rings. The van der Waals surface area contributed by atoms with Crippen LogP contribution in [-0.2, 0) is 23.9 Å². The van der Waals surface area contributed by atoms with Crippen molar-refractivity contribution in [2.75, 3.05) is 6.61 Å². The Morgan fingerprint density at radius 1 is 1.07 bits per heavy atom. The molecule has 0 spiro atoms. The zero-order chi connectivity index (χ0) is 21.5. The Morgan fingerprint density at radius 3 is 2.57 bits per heavy atom. The molecule has 4 aliphatic carbocycles. The van der Waals surface area contributed by atoms with Crippen LogP contribution in [0.1, 0.15) is 85.0 Å². The molecule has 0 N–H and O–H groups in total. The maximum absolute atomic E-state index is 12.7. The highest BCUT2D eigenvalue weighted by atomic mass is 16.5. The van der Waals surface area contributed by atoms with Crippen molar-refractivity contribution in [2.24, 2.45) is 28.6 Å². The highest BCUT2D eigenvalue weighted by Crippen LogP contribution is 2.64. The normalized spacial score (nSPS) is 40.0. The van der Waals surface area contributed by atoms with Gasteiger partial charge in [0.05, 0.1) is 0 Å². The molecule has 0 aromatic carbocycles. The molecule has 0 saturated heterocycles. The van der Waals surface area contributed by atoms with Gasteiger partial charge in [0.1, 0.15) is 18.5 Å². The molecule has 6 atom stereocenters. The molecule has 5 heteroatoms. The highest BCUT2D eigenvalue weighted by Gasteiger charge is 2.60. The van der Waals surface area contributed by atoms with E-state index in [1.54, 1.807) is 0 Å². The zero-order valence-corrected chi connectivity index (χ0v) is 18.7. The fourth-order valence-electron chi connectivity index (χ4n) is 7.14. The summed E-state index contributed by atoms with van der Waals surface area (Å²) >= 11 is 0. The van der Waals surface area contributed by atoms with Gasteiger partial charge in [0.25, 0.3) is 0 Å². The summed E-state index contributed by atoms with van der Waals surface area (Å²) in [4.78, 5) is 36.6. The summed E-state index contributed by atoms with van der Waals surface area (Å²) in [7, 11) is 0. The molecule has 0 heterocycles. The maximum Gasteiger partial charge on any atom is 0.305 e. The Morgan fingerprint density at radius 2 is 1.83 bits per heavy atom. The average molecular weight is 417 g/mol. The summed E-state index contributed by atoms with van der Waals surface area (Å²) in [6.07, 6.45) is 10.2. The predicted octanol–water partition coefficient (Wildman–Crippen LogP) is 4.77. The number of rotatable bonds is 5. The first-order valence-corrected chi connectivity index (χ1v) is 11.9. The summed E-state index contributed by atoms with van der Waals surface area (Å²) < 4.78 is 11.5. The van der Waals surface area contributed by atoms with E-state index in [4.69, 9.17) is 9.47 Å². The van der Waals surface area contributed by atoms with Crippen molar-refractivity contribution in [1.29, 1.82) is 0 Å². The second-order valence-corrected chi connectivity index (χ2v) is 10.1. The van der Waals surface area contributed by atoms with Gasteiger partial charge in [0.2, 0.25) is 0 Å². The molecule has 3 fully saturated rings. The molecule has 0 aliphatic heterocycles. The number of esters is 2. The van der Waals surface area contributed by atoms with E-state index in [9.17, 15) is 14.4 Å². The number of allylic oxidation sites excluding steroid dienone is 1. The molecule has 0 aromatic heterocycles. The van der Waals surface area contributed by atoms with Crippen molar-refractivity contribution in [1.82, 2.24) is 0 Å². The number of hydrogen-bond donors (Lipinski definition) is 0. The van der Waals surface area contributed by atoms with E-state index < -0.39 is 0 Å². The third kappa shape index (κ3) is 3.42. The number of fused-ring (bicyclic) bond motifs is 5. The number of carbonyl (C=O) groups excluding carboxylic acids is 3. The maximum atomic E-state index is 12.7. The Kier molecular flexibility index (Phi) is 5.84. The average Bonchev–Trinajstić information content (AvgIpc) is 3.06. The van der Waals surface area contributed by atoms with Gasteiger partial charge in [0.15, 0.2) is 0 Å². The Balaban J connectivity index is 1.62. The van der Waals surface area contributed by atoms with Gasteiger partial charge < -0.3 is 9.47 Å². The fourth-order valence-corrected chi connectivity index (χ4v) is 7.14. The van der Waals surface area contributed by atoms with Gasteiger partial charge >= 0.3 is 11.9 Å². The summed E-state index contributed by atoms with van der Waals surface area (Å²) in [5.41, 5.74) is 0.998. The summed E-state index contributed by atoms with van der Waals surface area (Å²) in [5, 5.41) is 0. The van der Waals surface area contributed by atoms with Gasteiger partial charge in [0, 0.05) is 36.5 Å². The molecule has 0 aromatic rings. The molecular formula is C25H36O5. The van der Waals surface area contributed by atoms with Crippen LogP contribution in [0.25, 0.3) is 0 Å². The number of ether oxygens (including phenoxy) is 2.